The van der Waals surface area contributed by atoms with Gasteiger partial charge in [0.25, 0.3) is 0 Å². The molecule has 1 N–H and O–H groups in total. The van der Waals surface area contributed by atoms with Gasteiger partial charge >= 0.3 is 18.1 Å². The van der Waals surface area contributed by atoms with Crippen molar-refractivity contribution in [3.8, 4) is 5.75 Å². The van der Waals surface area contributed by atoms with Crippen molar-refractivity contribution in [2.24, 2.45) is 5.92 Å². The molecular weight excluding hydrogens is 452 g/mol. The number of halogens is 4. The summed E-state index contributed by atoms with van der Waals surface area (Å²) in [6, 6.07) is 0.728. The molecule has 0 unspecified atom stereocenters. The number of carbonyl (C=O) groups excluding carboxylic acids is 1. The number of carbonyl (C=O) groups is 2. The summed E-state index contributed by atoms with van der Waals surface area (Å²) in [5.41, 5.74) is -2.57. The van der Waals surface area contributed by atoms with Gasteiger partial charge in [-0.1, -0.05) is 0 Å². The van der Waals surface area contributed by atoms with Crippen molar-refractivity contribution in [2.45, 2.75) is 32.5 Å². The summed E-state index contributed by atoms with van der Waals surface area (Å²) in [5.74, 6) is -3.77. The van der Waals surface area contributed by atoms with Crippen LogP contribution in [0, 0.1) is 11.7 Å². The summed E-state index contributed by atoms with van der Waals surface area (Å²) in [4.78, 5) is 37.5. The number of rotatable bonds is 6. The molecule has 0 spiro atoms. The maximum Gasteiger partial charge on any atom is 0.406 e. The molecule has 1 aromatic heterocycles. The van der Waals surface area contributed by atoms with Gasteiger partial charge in [0.15, 0.2) is 11.6 Å². The largest absolute Gasteiger partial charge is 0.492 e. The molecule has 8 nitrogen and oxygen atoms in total. The summed E-state index contributed by atoms with van der Waals surface area (Å²) in [5, 5.41) is 8.70. The van der Waals surface area contributed by atoms with Crippen molar-refractivity contribution in [3.05, 3.63) is 33.9 Å². The van der Waals surface area contributed by atoms with E-state index < -0.39 is 46.8 Å². The molecule has 3 rings (SSSR count). The summed E-state index contributed by atoms with van der Waals surface area (Å²) in [6.45, 7) is 0.675. The number of alkyl halides is 3. The van der Waals surface area contributed by atoms with Crippen LogP contribution < -0.4 is 15.1 Å². The van der Waals surface area contributed by atoms with Gasteiger partial charge in [0.05, 0.1) is 30.5 Å². The molecular formula is C21H22F4N2O6. The Morgan fingerprint density at radius 2 is 1.88 bits per heavy atom. The number of aromatic nitrogens is 1. The maximum atomic E-state index is 15.2. The van der Waals surface area contributed by atoms with E-state index >= 15 is 4.39 Å². The fourth-order valence-corrected chi connectivity index (χ4v) is 4.05. The first kappa shape index (κ1) is 24.3. The number of nitrogens with zero attached hydrogens (tertiary/aromatic N) is 2. The van der Waals surface area contributed by atoms with Crippen molar-refractivity contribution in [1.82, 2.24) is 4.57 Å². The van der Waals surface area contributed by atoms with Crippen LogP contribution >= 0.6 is 0 Å². The first-order valence-electron chi connectivity index (χ1n) is 10.1. The normalized spacial score (nSPS) is 15.0. The average molecular weight is 474 g/mol. The van der Waals surface area contributed by atoms with Crippen molar-refractivity contribution in [3.63, 3.8) is 0 Å². The number of hydrogen-bond donors (Lipinski definition) is 1. The predicted octanol–water partition coefficient (Wildman–Crippen LogP) is 3.19. The molecule has 12 heteroatoms. The topological polar surface area (TPSA) is 98.1 Å². The van der Waals surface area contributed by atoms with Crippen molar-refractivity contribution in [2.75, 3.05) is 31.7 Å². The number of pyridine rings is 1. The molecule has 0 amide bonds. The number of hydrogen-bond acceptors (Lipinski definition) is 6. The number of benzene rings is 1. The second-order valence-corrected chi connectivity index (χ2v) is 7.57. The van der Waals surface area contributed by atoms with Crippen LogP contribution in [0.2, 0.25) is 0 Å². The minimum atomic E-state index is -4.75. The molecule has 33 heavy (non-hydrogen) atoms. The van der Waals surface area contributed by atoms with Gasteiger partial charge in [-0.3, -0.25) is 9.59 Å². The fraction of sp³-hybridized carbons (Fsp3) is 0.476. The van der Waals surface area contributed by atoms with Crippen molar-refractivity contribution < 1.29 is 41.7 Å². The number of carboxylic acid groups (broad SMARTS) is 1. The molecule has 0 aliphatic carbocycles. The summed E-state index contributed by atoms with van der Waals surface area (Å²) < 4.78 is 65.7. The number of methoxy groups -OCH3 is 1. The third kappa shape index (κ3) is 4.88. The zero-order chi connectivity index (χ0) is 24.5. The second-order valence-electron chi connectivity index (χ2n) is 7.57. The third-order valence-electron chi connectivity index (χ3n) is 5.46. The summed E-state index contributed by atoms with van der Waals surface area (Å²) in [7, 11) is 1.12. The maximum absolute atomic E-state index is 15.2. The molecule has 1 aromatic carbocycles. The Hall–Kier alpha value is -3.31. The number of esters is 1. The van der Waals surface area contributed by atoms with Crippen LogP contribution in [0.3, 0.4) is 0 Å². The van der Waals surface area contributed by atoms with Crippen LogP contribution in [0.4, 0.5) is 23.2 Å². The lowest BCUT2D eigenvalue weighted by Gasteiger charge is -2.34. The van der Waals surface area contributed by atoms with Gasteiger partial charge in [0.2, 0.25) is 5.43 Å². The van der Waals surface area contributed by atoms with E-state index in [4.69, 9.17) is 9.47 Å². The molecule has 0 radical (unpaired) electrons. The Morgan fingerprint density at radius 1 is 1.24 bits per heavy atom. The van der Waals surface area contributed by atoms with Gasteiger partial charge in [0.1, 0.15) is 17.8 Å². The van der Waals surface area contributed by atoms with Crippen LogP contribution in [-0.4, -0.2) is 54.6 Å². The van der Waals surface area contributed by atoms with Gasteiger partial charge in [-0.25, -0.2) is 9.18 Å². The van der Waals surface area contributed by atoms with E-state index in [-0.39, 0.29) is 42.6 Å². The number of anilines is 1. The lowest BCUT2D eigenvalue weighted by Crippen LogP contribution is -2.37. The summed E-state index contributed by atoms with van der Waals surface area (Å²) >= 11 is 0. The third-order valence-corrected chi connectivity index (χ3v) is 5.46. The lowest BCUT2D eigenvalue weighted by atomic mass is 9.96. The van der Waals surface area contributed by atoms with E-state index in [0.29, 0.717) is 23.6 Å². The smallest absolute Gasteiger partial charge is 0.406 e. The Labute approximate surface area is 185 Å². The number of ether oxygens (including phenoxy) is 2. The van der Waals surface area contributed by atoms with Gasteiger partial charge < -0.3 is 24.0 Å². The van der Waals surface area contributed by atoms with Crippen LogP contribution in [0.5, 0.6) is 5.75 Å². The Kier molecular flexibility index (Phi) is 6.84. The van der Waals surface area contributed by atoms with Crippen LogP contribution in [-0.2, 0) is 16.1 Å². The van der Waals surface area contributed by atoms with E-state index in [0.717, 1.165) is 13.2 Å². The molecule has 1 saturated heterocycles. The van der Waals surface area contributed by atoms with Gasteiger partial charge in [-0.15, -0.1) is 0 Å². The first-order valence-corrected chi connectivity index (χ1v) is 10.1. The zero-order valence-electron chi connectivity index (χ0n) is 17.9. The molecule has 0 bridgehead atoms. The number of piperidine rings is 1. The van der Waals surface area contributed by atoms with Crippen LogP contribution in [0.1, 0.15) is 30.1 Å². The highest BCUT2D eigenvalue weighted by molar-refractivity contribution is 5.97. The number of fused-ring (bicyclic) bond motifs is 1. The SMILES string of the molecule is CCOC(=O)C1CCN(c2c(F)cc3c(=O)c(C(=O)O)cn(CC(F)(F)F)c3c2OC)CC1. The van der Waals surface area contributed by atoms with Crippen LogP contribution in [0.15, 0.2) is 17.1 Å². The van der Waals surface area contributed by atoms with Gasteiger partial charge in [0, 0.05) is 19.3 Å². The molecule has 0 atom stereocenters. The van der Waals surface area contributed by atoms with E-state index in [1.165, 1.54) is 4.90 Å². The molecule has 1 fully saturated rings. The molecule has 2 aromatic rings. The van der Waals surface area contributed by atoms with E-state index in [2.05, 4.69) is 0 Å². The van der Waals surface area contributed by atoms with E-state index in [1.807, 2.05) is 0 Å². The summed E-state index contributed by atoms with van der Waals surface area (Å²) in [6.07, 6.45) is -3.52. The standard InChI is InChI=1S/C21H22F4N2O6/c1-3-33-20(31)11-4-6-26(7-5-11)16-14(22)8-12-15(18(16)32-2)27(10-21(23,24)25)9-13(17(12)28)19(29)30/h8-9,11H,3-7,10H2,1-2H3,(H,29,30). The highest BCUT2D eigenvalue weighted by Gasteiger charge is 2.33. The Bertz CT molecular complexity index is 1140. The molecule has 1 aliphatic heterocycles. The minimum absolute atomic E-state index is 0.161. The first-order chi connectivity index (χ1) is 15.5. The fourth-order valence-electron chi connectivity index (χ4n) is 4.05. The van der Waals surface area contributed by atoms with E-state index in [9.17, 15) is 32.7 Å². The van der Waals surface area contributed by atoms with E-state index in [1.54, 1.807) is 6.92 Å². The highest BCUT2D eigenvalue weighted by atomic mass is 19.4. The van der Waals surface area contributed by atoms with Crippen LogP contribution in [0.25, 0.3) is 10.9 Å². The molecule has 180 valence electrons. The quantitative estimate of drug-likeness (QED) is 0.507. The number of carboxylic acids is 1. The van der Waals surface area contributed by atoms with Crippen molar-refractivity contribution >= 4 is 28.5 Å². The zero-order valence-corrected chi connectivity index (χ0v) is 17.9. The molecule has 2 heterocycles. The lowest BCUT2D eigenvalue weighted by molar-refractivity contribution is -0.148. The predicted molar refractivity (Wildman–Crippen MR) is 109 cm³/mol. The Balaban J connectivity index is 2.16. The van der Waals surface area contributed by atoms with Gasteiger partial charge in [-0.05, 0) is 25.8 Å². The highest BCUT2D eigenvalue weighted by Crippen LogP contribution is 2.40. The van der Waals surface area contributed by atoms with Crippen molar-refractivity contribution in [1.29, 1.82) is 0 Å². The Morgan fingerprint density at radius 3 is 2.39 bits per heavy atom. The molecule has 0 saturated carbocycles. The minimum Gasteiger partial charge on any atom is -0.492 e. The second kappa shape index (κ2) is 9.28. The molecule has 1 aliphatic rings. The van der Waals surface area contributed by atoms with Gasteiger partial charge in [-0.2, -0.15) is 13.2 Å². The number of aromatic carboxylic acids is 1. The average Bonchev–Trinajstić information content (AvgIpc) is 2.74. The monoisotopic (exact) mass is 474 g/mol.